The van der Waals surface area contributed by atoms with Crippen LogP contribution in [-0.2, 0) is 6.42 Å². The van der Waals surface area contributed by atoms with Gasteiger partial charge in [-0.1, -0.05) is 11.6 Å². The molecule has 0 aliphatic heterocycles. The summed E-state index contributed by atoms with van der Waals surface area (Å²) in [5.41, 5.74) is 6.96. The molecular formula is C15H14ClFN2OS. The van der Waals surface area contributed by atoms with Crippen LogP contribution in [0.2, 0.25) is 4.34 Å². The number of nitrogens with two attached hydrogens (primary N) is 1. The Balaban J connectivity index is 1.88. The van der Waals surface area contributed by atoms with Crippen LogP contribution in [0.4, 0.5) is 10.1 Å². The van der Waals surface area contributed by atoms with Crippen LogP contribution in [0.25, 0.3) is 0 Å². The van der Waals surface area contributed by atoms with Gasteiger partial charge in [-0.25, -0.2) is 4.39 Å². The fourth-order valence-corrected chi connectivity index (χ4v) is 4.06. The highest BCUT2D eigenvalue weighted by Crippen LogP contribution is 2.39. The van der Waals surface area contributed by atoms with Crippen molar-refractivity contribution in [2.45, 2.75) is 25.3 Å². The molecule has 0 radical (unpaired) electrons. The average Bonchev–Trinajstić information content (AvgIpc) is 2.82. The summed E-state index contributed by atoms with van der Waals surface area (Å²) in [6, 6.07) is 6.44. The highest BCUT2D eigenvalue weighted by molar-refractivity contribution is 7.16. The van der Waals surface area contributed by atoms with Crippen molar-refractivity contribution in [2.75, 3.05) is 5.32 Å². The molecule has 1 heterocycles. The molecule has 0 fully saturated rings. The molecule has 0 spiro atoms. The van der Waals surface area contributed by atoms with Crippen molar-refractivity contribution in [2.24, 2.45) is 5.73 Å². The molecule has 2 aromatic rings. The van der Waals surface area contributed by atoms with Gasteiger partial charge < -0.3 is 11.1 Å². The maximum Gasteiger partial charge on any atom is 0.251 e. The summed E-state index contributed by atoms with van der Waals surface area (Å²) in [5.74, 6) is -1.37. The van der Waals surface area contributed by atoms with E-state index in [2.05, 4.69) is 5.32 Å². The Morgan fingerprint density at radius 2 is 2.24 bits per heavy atom. The zero-order chi connectivity index (χ0) is 15.0. The number of primary amides is 1. The summed E-state index contributed by atoms with van der Waals surface area (Å²) in [6.45, 7) is 0. The number of carbonyl (C=O) groups is 1. The van der Waals surface area contributed by atoms with Crippen LogP contribution in [0, 0.1) is 5.82 Å². The molecule has 0 bridgehead atoms. The lowest BCUT2D eigenvalue weighted by atomic mass is 9.94. The van der Waals surface area contributed by atoms with E-state index < -0.39 is 11.7 Å². The van der Waals surface area contributed by atoms with Crippen LogP contribution < -0.4 is 11.1 Å². The van der Waals surface area contributed by atoms with Gasteiger partial charge >= 0.3 is 0 Å². The summed E-state index contributed by atoms with van der Waals surface area (Å²) in [6.07, 6.45) is 3.09. The lowest BCUT2D eigenvalue weighted by molar-refractivity contribution is 0.0996. The second-order valence-electron chi connectivity index (χ2n) is 5.08. The van der Waals surface area contributed by atoms with Crippen LogP contribution in [0.5, 0.6) is 0 Å². The van der Waals surface area contributed by atoms with Gasteiger partial charge in [0.15, 0.2) is 0 Å². The van der Waals surface area contributed by atoms with Gasteiger partial charge in [-0.2, -0.15) is 0 Å². The highest BCUT2D eigenvalue weighted by atomic mass is 35.5. The second-order valence-corrected chi connectivity index (χ2v) is 6.85. The van der Waals surface area contributed by atoms with Gasteiger partial charge in [-0.3, -0.25) is 4.79 Å². The van der Waals surface area contributed by atoms with Gasteiger partial charge in [-0.05, 0) is 49.1 Å². The number of amides is 1. The molecule has 1 amide bonds. The van der Waals surface area contributed by atoms with Crippen molar-refractivity contribution in [1.82, 2.24) is 0 Å². The van der Waals surface area contributed by atoms with Gasteiger partial charge in [0.05, 0.1) is 15.9 Å². The van der Waals surface area contributed by atoms with Crippen LogP contribution in [-0.4, -0.2) is 5.91 Å². The van der Waals surface area contributed by atoms with Crippen molar-refractivity contribution in [3.8, 4) is 0 Å². The van der Waals surface area contributed by atoms with E-state index in [0.29, 0.717) is 5.69 Å². The molecule has 1 unspecified atom stereocenters. The first kappa shape index (κ1) is 14.4. The van der Waals surface area contributed by atoms with Crippen molar-refractivity contribution in [3.63, 3.8) is 0 Å². The summed E-state index contributed by atoms with van der Waals surface area (Å²) in [5, 5.41) is 3.35. The molecule has 0 saturated carbocycles. The highest BCUT2D eigenvalue weighted by Gasteiger charge is 2.23. The molecule has 3 rings (SSSR count). The van der Waals surface area contributed by atoms with E-state index in [9.17, 15) is 9.18 Å². The first-order valence-electron chi connectivity index (χ1n) is 6.68. The number of anilines is 1. The zero-order valence-corrected chi connectivity index (χ0v) is 12.7. The van der Waals surface area contributed by atoms with Crippen LogP contribution in [0.1, 0.15) is 39.7 Å². The third-order valence-corrected chi connectivity index (χ3v) is 5.00. The monoisotopic (exact) mass is 324 g/mol. The summed E-state index contributed by atoms with van der Waals surface area (Å²) in [4.78, 5) is 12.5. The smallest absolute Gasteiger partial charge is 0.251 e. The molecule has 6 heteroatoms. The fourth-order valence-electron chi connectivity index (χ4n) is 2.68. The minimum absolute atomic E-state index is 0.0978. The Hall–Kier alpha value is -1.59. The number of rotatable bonds is 3. The zero-order valence-electron chi connectivity index (χ0n) is 11.2. The molecule has 3 nitrogen and oxygen atoms in total. The Kier molecular flexibility index (Phi) is 3.87. The molecular weight excluding hydrogens is 311 g/mol. The quantitative estimate of drug-likeness (QED) is 0.892. The van der Waals surface area contributed by atoms with E-state index >= 15 is 0 Å². The Morgan fingerprint density at radius 3 is 3.00 bits per heavy atom. The average molecular weight is 325 g/mol. The van der Waals surface area contributed by atoms with Gasteiger partial charge in [0.25, 0.3) is 5.91 Å². The molecule has 1 aromatic heterocycles. The third-order valence-electron chi connectivity index (χ3n) is 3.66. The first-order valence-corrected chi connectivity index (χ1v) is 7.88. The lowest BCUT2D eigenvalue weighted by Crippen LogP contribution is -2.17. The number of nitrogens with one attached hydrogen (secondary N) is 1. The van der Waals surface area contributed by atoms with E-state index in [0.717, 1.165) is 23.6 Å². The summed E-state index contributed by atoms with van der Waals surface area (Å²) < 4.78 is 14.3. The van der Waals surface area contributed by atoms with Crippen molar-refractivity contribution in [1.29, 1.82) is 0 Å². The number of hydrogen-bond acceptors (Lipinski definition) is 3. The number of aryl methyl sites for hydroxylation is 1. The van der Waals surface area contributed by atoms with E-state index in [1.807, 2.05) is 6.07 Å². The molecule has 1 aliphatic carbocycles. The van der Waals surface area contributed by atoms with Gasteiger partial charge in [-0.15, -0.1) is 11.3 Å². The van der Waals surface area contributed by atoms with Crippen LogP contribution in [0.3, 0.4) is 0 Å². The Labute approximate surface area is 130 Å². The maximum atomic E-state index is 13.5. The van der Waals surface area contributed by atoms with Crippen molar-refractivity contribution in [3.05, 3.63) is 50.4 Å². The molecule has 1 aromatic carbocycles. The van der Waals surface area contributed by atoms with Crippen LogP contribution in [0.15, 0.2) is 24.3 Å². The number of benzene rings is 1. The second kappa shape index (κ2) is 5.66. The molecule has 21 heavy (non-hydrogen) atoms. The summed E-state index contributed by atoms with van der Waals surface area (Å²) >= 11 is 7.69. The minimum atomic E-state index is -0.765. The minimum Gasteiger partial charge on any atom is -0.378 e. The Bertz CT molecular complexity index is 701. The predicted molar refractivity (Wildman–Crippen MR) is 83.5 cm³/mol. The number of thiophene rings is 1. The van der Waals surface area contributed by atoms with E-state index in [1.54, 1.807) is 17.4 Å². The largest absolute Gasteiger partial charge is 0.378 e. The van der Waals surface area contributed by atoms with Gasteiger partial charge in [0.2, 0.25) is 0 Å². The predicted octanol–water partition coefficient (Wildman–Crippen LogP) is 4.13. The van der Waals surface area contributed by atoms with E-state index in [4.69, 9.17) is 17.3 Å². The lowest BCUT2D eigenvalue weighted by Gasteiger charge is -2.24. The van der Waals surface area contributed by atoms with E-state index in [1.165, 1.54) is 22.6 Å². The standard InChI is InChI=1S/C15H14ClFN2OS/c16-14-7-10-12(2-1-3-13(10)21-14)19-8-4-5-11(17)9(6-8)15(18)20/h4-7,12,19H,1-3H2,(H2,18,20). The maximum absolute atomic E-state index is 13.5. The molecule has 1 aliphatic rings. The normalized spacial score (nSPS) is 17.3. The van der Waals surface area contributed by atoms with Gasteiger partial charge in [0, 0.05) is 10.6 Å². The van der Waals surface area contributed by atoms with Crippen molar-refractivity contribution < 1.29 is 9.18 Å². The molecule has 0 saturated heterocycles. The van der Waals surface area contributed by atoms with Crippen molar-refractivity contribution >= 4 is 34.5 Å². The number of fused-ring (bicyclic) bond motifs is 1. The van der Waals surface area contributed by atoms with E-state index in [-0.39, 0.29) is 11.6 Å². The SMILES string of the molecule is NC(=O)c1cc(NC2CCCc3sc(Cl)cc32)ccc1F. The Morgan fingerprint density at radius 1 is 1.43 bits per heavy atom. The number of hydrogen-bond donors (Lipinski definition) is 2. The molecule has 3 N–H and O–H groups in total. The topological polar surface area (TPSA) is 55.1 Å². The fraction of sp³-hybridized carbons (Fsp3) is 0.267. The first-order chi connectivity index (χ1) is 10.0. The summed E-state index contributed by atoms with van der Waals surface area (Å²) in [7, 11) is 0. The molecule has 1 atom stereocenters. The third kappa shape index (κ3) is 2.89. The number of carbonyl (C=O) groups excluding carboxylic acids is 1. The number of halogens is 2. The van der Waals surface area contributed by atoms with Gasteiger partial charge in [0.1, 0.15) is 5.82 Å². The van der Waals surface area contributed by atoms with Crippen LogP contribution >= 0.6 is 22.9 Å². The molecule has 110 valence electrons.